The van der Waals surface area contributed by atoms with E-state index in [0.717, 1.165) is 50.5 Å². The second kappa shape index (κ2) is 6.61. The number of fused-ring (bicyclic) bond motifs is 1. The van der Waals surface area contributed by atoms with Gasteiger partial charge in [0.1, 0.15) is 0 Å². The minimum absolute atomic E-state index is 0.217. The summed E-state index contributed by atoms with van der Waals surface area (Å²) in [7, 11) is 0. The Morgan fingerprint density at radius 3 is 2.96 bits per heavy atom. The van der Waals surface area contributed by atoms with Crippen LogP contribution in [0.4, 0.5) is 0 Å². The molecule has 0 amide bonds. The molecule has 0 aliphatic carbocycles. The Morgan fingerprint density at radius 2 is 2.17 bits per heavy atom. The summed E-state index contributed by atoms with van der Waals surface area (Å²) in [6.45, 7) is 7.81. The van der Waals surface area contributed by atoms with Crippen LogP contribution in [-0.2, 0) is 17.7 Å². The molecular weight excluding hydrogens is 304 g/mol. The average molecular weight is 328 g/mol. The van der Waals surface area contributed by atoms with Crippen molar-refractivity contribution in [2.45, 2.75) is 39.3 Å². The lowest BCUT2D eigenvalue weighted by Gasteiger charge is -2.35. The van der Waals surface area contributed by atoms with Gasteiger partial charge in [0.15, 0.2) is 0 Å². The van der Waals surface area contributed by atoms with Crippen molar-refractivity contribution < 1.29 is 9.15 Å². The zero-order valence-electron chi connectivity index (χ0n) is 14.3. The number of nitrogens with zero attached hydrogens (tertiary/aromatic N) is 4. The van der Waals surface area contributed by atoms with Gasteiger partial charge in [-0.3, -0.25) is 9.88 Å². The standard InChI is InChI=1S/C18H24N4O2/c1-12-4-3-5-15(19-12)10-22-7-6-16-14(9-22)11-23-17(16)8-18-21-20-13(2)24-18/h3-5,14,16-17H,6-11H2,1-2H3/t14-,16-,17+/m1/s1. The first-order valence-corrected chi connectivity index (χ1v) is 8.73. The number of piperidine rings is 1. The smallest absolute Gasteiger partial charge is 0.219 e. The molecule has 2 saturated heterocycles. The zero-order valence-corrected chi connectivity index (χ0v) is 14.3. The van der Waals surface area contributed by atoms with Crippen molar-refractivity contribution in [3.63, 3.8) is 0 Å². The third kappa shape index (κ3) is 3.35. The van der Waals surface area contributed by atoms with Gasteiger partial charge in [-0.15, -0.1) is 10.2 Å². The lowest BCUT2D eigenvalue weighted by Crippen LogP contribution is -2.41. The second-order valence-electron chi connectivity index (χ2n) is 7.01. The van der Waals surface area contributed by atoms with Crippen molar-refractivity contribution in [3.05, 3.63) is 41.4 Å². The molecule has 6 heteroatoms. The number of rotatable bonds is 4. The summed E-state index contributed by atoms with van der Waals surface area (Å²) in [5.74, 6) is 2.51. The van der Waals surface area contributed by atoms with Gasteiger partial charge in [-0.2, -0.15) is 0 Å². The fourth-order valence-corrected chi connectivity index (χ4v) is 4.02. The van der Waals surface area contributed by atoms with Crippen molar-refractivity contribution in [1.82, 2.24) is 20.1 Å². The van der Waals surface area contributed by atoms with Crippen LogP contribution in [0.1, 0.15) is 29.6 Å². The summed E-state index contributed by atoms with van der Waals surface area (Å²) in [5, 5.41) is 8.02. The van der Waals surface area contributed by atoms with Crippen molar-refractivity contribution in [2.75, 3.05) is 19.7 Å². The molecule has 24 heavy (non-hydrogen) atoms. The van der Waals surface area contributed by atoms with Crippen molar-refractivity contribution >= 4 is 0 Å². The molecule has 0 radical (unpaired) electrons. The molecule has 128 valence electrons. The fourth-order valence-electron chi connectivity index (χ4n) is 4.02. The van der Waals surface area contributed by atoms with Gasteiger partial charge in [-0.05, 0) is 37.9 Å². The predicted molar refractivity (Wildman–Crippen MR) is 88.3 cm³/mol. The third-order valence-corrected chi connectivity index (χ3v) is 5.15. The first-order chi connectivity index (χ1) is 11.7. The first-order valence-electron chi connectivity index (χ1n) is 8.73. The summed E-state index contributed by atoms with van der Waals surface area (Å²) in [5.41, 5.74) is 2.24. The Kier molecular flexibility index (Phi) is 4.33. The SMILES string of the molecule is Cc1cccc(CN2CC[C@@H]3[C@@H](CO[C@H]3Cc3nnc(C)o3)C2)n1. The highest BCUT2D eigenvalue weighted by molar-refractivity contribution is 5.10. The van der Waals surface area contributed by atoms with E-state index in [1.807, 2.05) is 19.9 Å². The van der Waals surface area contributed by atoms with Crippen LogP contribution >= 0.6 is 0 Å². The molecule has 4 rings (SSSR count). The van der Waals surface area contributed by atoms with Gasteiger partial charge in [-0.1, -0.05) is 6.07 Å². The molecule has 2 aliphatic heterocycles. The minimum Gasteiger partial charge on any atom is -0.425 e. The van der Waals surface area contributed by atoms with Crippen LogP contribution in [0, 0.1) is 25.7 Å². The molecule has 0 spiro atoms. The Morgan fingerprint density at radius 1 is 1.25 bits per heavy atom. The summed E-state index contributed by atoms with van der Waals surface area (Å²) >= 11 is 0. The van der Waals surface area contributed by atoms with E-state index in [1.54, 1.807) is 0 Å². The number of likely N-dealkylation sites (tertiary alicyclic amines) is 1. The molecule has 4 heterocycles. The van der Waals surface area contributed by atoms with E-state index in [2.05, 4.69) is 32.2 Å². The third-order valence-electron chi connectivity index (χ3n) is 5.15. The van der Waals surface area contributed by atoms with Crippen LogP contribution < -0.4 is 0 Å². The van der Waals surface area contributed by atoms with E-state index in [0.29, 0.717) is 23.6 Å². The largest absolute Gasteiger partial charge is 0.425 e. The monoisotopic (exact) mass is 328 g/mol. The van der Waals surface area contributed by atoms with E-state index in [9.17, 15) is 0 Å². The number of aryl methyl sites for hydroxylation is 2. The van der Waals surface area contributed by atoms with Crippen LogP contribution in [-0.4, -0.2) is 45.9 Å². The molecule has 3 atom stereocenters. The van der Waals surface area contributed by atoms with Crippen LogP contribution in [0.3, 0.4) is 0 Å². The minimum atomic E-state index is 0.217. The lowest BCUT2D eigenvalue weighted by molar-refractivity contribution is 0.0793. The van der Waals surface area contributed by atoms with Gasteiger partial charge in [0.05, 0.1) is 24.8 Å². The molecule has 2 aromatic rings. The lowest BCUT2D eigenvalue weighted by atomic mass is 9.83. The predicted octanol–water partition coefficient (Wildman–Crippen LogP) is 2.16. The number of ether oxygens (including phenoxy) is 1. The van der Waals surface area contributed by atoms with Crippen molar-refractivity contribution in [3.8, 4) is 0 Å². The molecule has 6 nitrogen and oxygen atoms in total. The van der Waals surface area contributed by atoms with Gasteiger partial charge in [0.25, 0.3) is 0 Å². The molecular formula is C18H24N4O2. The van der Waals surface area contributed by atoms with E-state index in [1.165, 1.54) is 0 Å². The van der Waals surface area contributed by atoms with Crippen LogP contribution in [0.25, 0.3) is 0 Å². The molecule has 0 saturated carbocycles. The molecule has 2 fully saturated rings. The summed E-state index contributed by atoms with van der Waals surface area (Å²) < 4.78 is 11.6. The van der Waals surface area contributed by atoms with Gasteiger partial charge in [-0.25, -0.2) is 0 Å². The highest BCUT2D eigenvalue weighted by Gasteiger charge is 2.41. The van der Waals surface area contributed by atoms with Gasteiger partial charge in [0, 0.05) is 31.6 Å². The summed E-state index contributed by atoms with van der Waals surface area (Å²) in [6.07, 6.45) is 2.12. The summed E-state index contributed by atoms with van der Waals surface area (Å²) in [4.78, 5) is 7.13. The quantitative estimate of drug-likeness (QED) is 0.857. The first kappa shape index (κ1) is 15.7. The van der Waals surface area contributed by atoms with E-state index < -0.39 is 0 Å². The van der Waals surface area contributed by atoms with Crippen LogP contribution in [0.5, 0.6) is 0 Å². The highest BCUT2D eigenvalue weighted by Crippen LogP contribution is 2.36. The summed E-state index contributed by atoms with van der Waals surface area (Å²) in [6, 6.07) is 6.25. The van der Waals surface area contributed by atoms with E-state index >= 15 is 0 Å². The maximum atomic E-state index is 6.06. The highest BCUT2D eigenvalue weighted by atomic mass is 16.5. The van der Waals surface area contributed by atoms with Crippen molar-refractivity contribution in [2.24, 2.45) is 11.8 Å². The maximum absolute atomic E-state index is 6.06. The number of hydrogen-bond acceptors (Lipinski definition) is 6. The van der Waals surface area contributed by atoms with E-state index in [4.69, 9.17) is 9.15 Å². The Bertz CT molecular complexity index is 702. The van der Waals surface area contributed by atoms with Gasteiger partial charge < -0.3 is 9.15 Å². The number of pyridine rings is 1. The van der Waals surface area contributed by atoms with Crippen LogP contribution in [0.2, 0.25) is 0 Å². The Hall–Kier alpha value is -1.79. The number of aromatic nitrogens is 3. The van der Waals surface area contributed by atoms with Gasteiger partial charge in [0.2, 0.25) is 11.8 Å². The van der Waals surface area contributed by atoms with Crippen LogP contribution in [0.15, 0.2) is 22.6 Å². The molecule has 0 unspecified atom stereocenters. The molecule has 0 N–H and O–H groups in total. The number of hydrogen-bond donors (Lipinski definition) is 0. The Balaban J connectivity index is 1.35. The normalized spacial score (nSPS) is 27.3. The average Bonchev–Trinajstić information content (AvgIpc) is 3.14. The molecule has 0 bridgehead atoms. The zero-order chi connectivity index (χ0) is 16.5. The molecule has 2 aromatic heterocycles. The van der Waals surface area contributed by atoms with E-state index in [-0.39, 0.29) is 6.10 Å². The molecule has 0 aromatic carbocycles. The second-order valence-corrected chi connectivity index (χ2v) is 7.01. The molecule has 2 aliphatic rings. The van der Waals surface area contributed by atoms with Gasteiger partial charge >= 0.3 is 0 Å². The van der Waals surface area contributed by atoms with Crippen molar-refractivity contribution in [1.29, 1.82) is 0 Å². The topological polar surface area (TPSA) is 64.3 Å². The Labute approximate surface area is 142 Å². The fraction of sp³-hybridized carbons (Fsp3) is 0.611. The maximum Gasteiger partial charge on any atom is 0.219 e.